The normalized spacial score (nSPS) is 9.78. The van der Waals surface area contributed by atoms with Gasteiger partial charge in [-0.25, -0.2) is 9.97 Å². The Kier molecular flexibility index (Phi) is 4.08. The van der Waals surface area contributed by atoms with Crippen LogP contribution in [0.3, 0.4) is 0 Å². The van der Waals surface area contributed by atoms with E-state index in [2.05, 4.69) is 21.8 Å². The molecule has 0 unspecified atom stereocenters. The van der Waals surface area contributed by atoms with E-state index < -0.39 is 0 Å². The molecule has 2 rings (SSSR count). The Labute approximate surface area is 120 Å². The number of rotatable bonds is 0. The van der Waals surface area contributed by atoms with Crippen molar-refractivity contribution < 1.29 is 0 Å². The molecule has 18 heavy (non-hydrogen) atoms. The lowest BCUT2D eigenvalue weighted by molar-refractivity contribution is 1.15. The second-order valence-corrected chi connectivity index (χ2v) is 4.64. The van der Waals surface area contributed by atoms with Gasteiger partial charge in [-0.2, -0.15) is 0 Å². The van der Waals surface area contributed by atoms with Crippen LogP contribution in [0.2, 0.25) is 15.5 Å². The minimum absolute atomic E-state index is 0.0256. The van der Waals surface area contributed by atoms with Gasteiger partial charge in [0.15, 0.2) is 5.15 Å². The maximum atomic E-state index is 5.94. The SMILES string of the molecule is Cc1ccc(C#Cc2nc(Cl)nc(Cl)c2Cl)cc1. The molecule has 0 saturated heterocycles. The number of benzene rings is 1. The van der Waals surface area contributed by atoms with Crippen LogP contribution in [0.5, 0.6) is 0 Å². The summed E-state index contributed by atoms with van der Waals surface area (Å²) < 4.78 is 0. The van der Waals surface area contributed by atoms with E-state index in [0.29, 0.717) is 5.69 Å². The molecule has 0 N–H and O–H groups in total. The monoisotopic (exact) mass is 296 g/mol. The van der Waals surface area contributed by atoms with Gasteiger partial charge in [-0.3, -0.25) is 0 Å². The molecular formula is C13H7Cl3N2. The first-order valence-corrected chi connectivity index (χ1v) is 6.17. The van der Waals surface area contributed by atoms with Crippen molar-refractivity contribution in [3.05, 3.63) is 56.5 Å². The first kappa shape index (κ1) is 13.2. The van der Waals surface area contributed by atoms with Gasteiger partial charge in [-0.1, -0.05) is 46.8 Å². The molecule has 0 spiro atoms. The maximum Gasteiger partial charge on any atom is 0.225 e. The third-order valence-corrected chi connectivity index (χ3v) is 3.06. The zero-order chi connectivity index (χ0) is 13.1. The Morgan fingerprint density at radius 2 is 1.61 bits per heavy atom. The van der Waals surface area contributed by atoms with Crippen LogP contribution in [-0.4, -0.2) is 9.97 Å². The molecule has 1 aromatic carbocycles. The van der Waals surface area contributed by atoms with E-state index in [1.165, 1.54) is 5.56 Å². The average Bonchev–Trinajstić information content (AvgIpc) is 2.34. The van der Waals surface area contributed by atoms with E-state index in [1.807, 2.05) is 31.2 Å². The molecule has 1 heterocycles. The molecule has 0 bridgehead atoms. The number of hydrogen-bond acceptors (Lipinski definition) is 2. The van der Waals surface area contributed by atoms with Crippen molar-refractivity contribution in [2.75, 3.05) is 0 Å². The number of nitrogens with zero attached hydrogens (tertiary/aromatic N) is 2. The van der Waals surface area contributed by atoms with Crippen molar-refractivity contribution in [1.82, 2.24) is 9.97 Å². The molecule has 5 heteroatoms. The van der Waals surface area contributed by atoms with Gasteiger partial charge in [0, 0.05) is 5.56 Å². The third-order valence-electron chi connectivity index (χ3n) is 2.16. The van der Waals surface area contributed by atoms with Crippen molar-refractivity contribution in [1.29, 1.82) is 0 Å². The Balaban J connectivity index is 2.38. The van der Waals surface area contributed by atoms with Gasteiger partial charge in [-0.15, -0.1) is 0 Å². The number of aryl methyl sites for hydroxylation is 1. The van der Waals surface area contributed by atoms with Crippen molar-refractivity contribution in [3.63, 3.8) is 0 Å². The van der Waals surface area contributed by atoms with Gasteiger partial charge in [0.05, 0.1) is 0 Å². The average molecular weight is 298 g/mol. The zero-order valence-corrected chi connectivity index (χ0v) is 11.6. The molecule has 0 amide bonds. The summed E-state index contributed by atoms with van der Waals surface area (Å²) in [5.41, 5.74) is 2.36. The van der Waals surface area contributed by atoms with E-state index in [9.17, 15) is 0 Å². The molecule has 0 saturated carbocycles. The number of halogens is 3. The van der Waals surface area contributed by atoms with Crippen molar-refractivity contribution in [3.8, 4) is 11.8 Å². The minimum atomic E-state index is 0.0256. The molecule has 2 aromatic rings. The van der Waals surface area contributed by atoms with Crippen LogP contribution in [0.25, 0.3) is 0 Å². The molecule has 0 fully saturated rings. The highest BCUT2D eigenvalue weighted by Crippen LogP contribution is 2.23. The van der Waals surface area contributed by atoms with Gasteiger partial charge < -0.3 is 0 Å². The fraction of sp³-hybridized carbons (Fsp3) is 0.0769. The predicted molar refractivity (Wildman–Crippen MR) is 74.2 cm³/mol. The molecule has 2 nitrogen and oxygen atoms in total. The number of aromatic nitrogens is 2. The second kappa shape index (κ2) is 5.58. The molecule has 0 radical (unpaired) electrons. The van der Waals surface area contributed by atoms with E-state index in [1.54, 1.807) is 0 Å². The summed E-state index contributed by atoms with van der Waals surface area (Å²) in [5, 5.41) is 0.336. The van der Waals surface area contributed by atoms with Gasteiger partial charge >= 0.3 is 0 Å². The Morgan fingerprint density at radius 3 is 2.28 bits per heavy atom. The van der Waals surface area contributed by atoms with E-state index in [4.69, 9.17) is 34.8 Å². The zero-order valence-electron chi connectivity index (χ0n) is 9.34. The van der Waals surface area contributed by atoms with E-state index in [-0.39, 0.29) is 15.5 Å². The Bertz CT molecular complexity index is 640. The molecular weight excluding hydrogens is 291 g/mol. The van der Waals surface area contributed by atoms with Crippen LogP contribution in [0.1, 0.15) is 16.8 Å². The van der Waals surface area contributed by atoms with Gasteiger partial charge in [-0.05, 0) is 36.6 Å². The van der Waals surface area contributed by atoms with Crippen LogP contribution in [-0.2, 0) is 0 Å². The van der Waals surface area contributed by atoms with Crippen molar-refractivity contribution >= 4 is 34.8 Å². The summed E-state index contributed by atoms with van der Waals surface area (Å²) in [6.45, 7) is 2.01. The van der Waals surface area contributed by atoms with Crippen molar-refractivity contribution in [2.45, 2.75) is 6.92 Å². The molecule has 90 valence electrons. The topological polar surface area (TPSA) is 25.8 Å². The van der Waals surface area contributed by atoms with Crippen LogP contribution in [0.4, 0.5) is 0 Å². The lowest BCUT2D eigenvalue weighted by Crippen LogP contribution is -1.90. The predicted octanol–water partition coefficient (Wildman–Crippen LogP) is 4.15. The standard InChI is InChI=1S/C13H7Cl3N2/c1-8-2-4-9(5-3-8)6-7-10-11(14)12(15)18-13(16)17-10/h2-5H,1H3. The molecule has 0 aliphatic carbocycles. The lowest BCUT2D eigenvalue weighted by atomic mass is 10.1. The fourth-order valence-electron chi connectivity index (χ4n) is 1.25. The van der Waals surface area contributed by atoms with Crippen LogP contribution >= 0.6 is 34.8 Å². The highest BCUT2D eigenvalue weighted by molar-refractivity contribution is 6.42. The Morgan fingerprint density at radius 1 is 0.944 bits per heavy atom. The highest BCUT2D eigenvalue weighted by Gasteiger charge is 2.07. The van der Waals surface area contributed by atoms with Gasteiger partial charge in [0.25, 0.3) is 0 Å². The summed E-state index contributed by atoms with van der Waals surface area (Å²) in [6, 6.07) is 7.79. The highest BCUT2D eigenvalue weighted by atomic mass is 35.5. The van der Waals surface area contributed by atoms with E-state index in [0.717, 1.165) is 5.56 Å². The minimum Gasteiger partial charge on any atom is -0.208 e. The Hall–Kier alpha value is -1.27. The van der Waals surface area contributed by atoms with Crippen LogP contribution < -0.4 is 0 Å². The van der Waals surface area contributed by atoms with E-state index >= 15 is 0 Å². The van der Waals surface area contributed by atoms with Crippen LogP contribution in [0.15, 0.2) is 24.3 Å². The quantitative estimate of drug-likeness (QED) is 0.415. The first-order valence-electron chi connectivity index (χ1n) is 5.03. The maximum absolute atomic E-state index is 5.94. The second-order valence-electron chi connectivity index (χ2n) is 3.56. The van der Waals surface area contributed by atoms with Gasteiger partial charge in [0.1, 0.15) is 10.7 Å². The third kappa shape index (κ3) is 3.14. The smallest absolute Gasteiger partial charge is 0.208 e. The number of hydrogen-bond donors (Lipinski definition) is 0. The molecule has 1 aromatic heterocycles. The summed E-state index contributed by atoms with van der Waals surface area (Å²) in [6.07, 6.45) is 0. The first-order chi connectivity index (χ1) is 8.56. The summed E-state index contributed by atoms with van der Waals surface area (Å²) in [5.74, 6) is 5.77. The summed E-state index contributed by atoms with van der Waals surface area (Å²) in [7, 11) is 0. The van der Waals surface area contributed by atoms with Crippen LogP contribution in [0, 0.1) is 18.8 Å². The molecule has 0 atom stereocenters. The molecule has 0 aliphatic heterocycles. The summed E-state index contributed by atoms with van der Waals surface area (Å²) >= 11 is 17.4. The lowest BCUT2D eigenvalue weighted by Gasteiger charge is -1.98. The van der Waals surface area contributed by atoms with Gasteiger partial charge in [0.2, 0.25) is 5.28 Å². The largest absolute Gasteiger partial charge is 0.225 e. The fourth-order valence-corrected chi connectivity index (χ4v) is 1.76. The molecule has 0 aliphatic rings. The van der Waals surface area contributed by atoms with Crippen molar-refractivity contribution in [2.24, 2.45) is 0 Å². The summed E-state index contributed by atoms with van der Waals surface area (Å²) in [4.78, 5) is 7.65.